The fourth-order valence-corrected chi connectivity index (χ4v) is 4.10. The minimum atomic E-state index is -0.901. The molecule has 1 aromatic carbocycles. The number of amides is 1. The van der Waals surface area contributed by atoms with E-state index in [4.69, 9.17) is 0 Å². The minimum Gasteiger partial charge on any atom is -0.385 e. The van der Waals surface area contributed by atoms with Gasteiger partial charge in [-0.3, -0.25) is 9.78 Å². The normalized spacial score (nSPS) is 17.0. The van der Waals surface area contributed by atoms with E-state index in [1.165, 1.54) is 0 Å². The number of aliphatic hydroxyl groups is 1. The summed E-state index contributed by atoms with van der Waals surface area (Å²) in [6, 6.07) is 11.6. The van der Waals surface area contributed by atoms with E-state index < -0.39 is 5.60 Å². The maximum absolute atomic E-state index is 12.5. The Morgan fingerprint density at radius 1 is 1.19 bits per heavy atom. The third kappa shape index (κ3) is 3.38. The van der Waals surface area contributed by atoms with Crippen molar-refractivity contribution in [1.29, 1.82) is 0 Å². The number of para-hydroxylation sites is 1. The van der Waals surface area contributed by atoms with Crippen molar-refractivity contribution in [2.75, 3.05) is 13.1 Å². The molecule has 0 atom stereocenters. The molecule has 0 radical (unpaired) electrons. The zero-order chi connectivity index (χ0) is 18.0. The molecule has 1 aliphatic heterocycles. The lowest BCUT2D eigenvalue weighted by atomic mass is 9.85. The fraction of sp³-hybridized carbons (Fsp3) is 0.250. The first-order chi connectivity index (χ1) is 12.6. The number of rotatable bonds is 3. The number of hydrogen-bond donors (Lipinski definition) is 1. The largest absolute Gasteiger partial charge is 0.385 e. The Balaban J connectivity index is 1.40. The van der Waals surface area contributed by atoms with Gasteiger partial charge in [0.15, 0.2) is 0 Å². The van der Waals surface area contributed by atoms with E-state index in [9.17, 15) is 9.90 Å². The average molecular weight is 365 g/mol. The smallest absolute Gasteiger partial charge is 0.246 e. The van der Waals surface area contributed by atoms with Crippen molar-refractivity contribution >= 4 is 33.5 Å². The second kappa shape index (κ2) is 6.97. The van der Waals surface area contributed by atoms with Crippen LogP contribution in [0.4, 0.5) is 0 Å². The van der Waals surface area contributed by atoms with Crippen LogP contribution in [0.2, 0.25) is 0 Å². The molecule has 1 N–H and O–H groups in total. The molecule has 4 rings (SSSR count). The van der Waals surface area contributed by atoms with Crippen molar-refractivity contribution in [3.05, 3.63) is 65.4 Å². The van der Waals surface area contributed by atoms with Gasteiger partial charge >= 0.3 is 0 Å². The summed E-state index contributed by atoms with van der Waals surface area (Å²) in [6.45, 7) is 1.04. The Kier molecular flexibility index (Phi) is 4.53. The monoisotopic (exact) mass is 365 g/mol. The van der Waals surface area contributed by atoms with Crippen LogP contribution in [0.3, 0.4) is 0 Å². The van der Waals surface area contributed by atoms with Gasteiger partial charge in [0.1, 0.15) is 5.01 Å². The van der Waals surface area contributed by atoms with Crippen LogP contribution in [0.25, 0.3) is 16.3 Å². The number of hydrogen-bond acceptors (Lipinski definition) is 5. The molecular formula is C20H19N3O2S. The Morgan fingerprint density at radius 3 is 2.73 bits per heavy atom. The lowest BCUT2D eigenvalue weighted by molar-refractivity contribution is -0.130. The van der Waals surface area contributed by atoms with Gasteiger partial charge < -0.3 is 10.0 Å². The number of nitrogens with zero attached hydrogens (tertiary/aromatic N) is 3. The number of pyridine rings is 1. The molecule has 1 saturated heterocycles. The topological polar surface area (TPSA) is 66.3 Å². The number of carbonyl (C=O) groups is 1. The molecule has 0 spiro atoms. The Bertz CT molecular complexity index is 911. The predicted octanol–water partition coefficient (Wildman–Crippen LogP) is 3.21. The summed E-state index contributed by atoms with van der Waals surface area (Å²) in [5.41, 5.74) is 0.864. The first kappa shape index (κ1) is 16.9. The van der Waals surface area contributed by atoms with Crippen LogP contribution in [-0.4, -0.2) is 39.0 Å². The van der Waals surface area contributed by atoms with Gasteiger partial charge in [0.25, 0.3) is 0 Å². The third-order valence-electron chi connectivity index (χ3n) is 4.78. The van der Waals surface area contributed by atoms with Crippen molar-refractivity contribution < 1.29 is 9.90 Å². The second-order valence-electron chi connectivity index (χ2n) is 6.45. The summed E-state index contributed by atoms with van der Waals surface area (Å²) < 4.78 is 1.11. The van der Waals surface area contributed by atoms with Gasteiger partial charge in [-0.25, -0.2) is 4.98 Å². The SMILES string of the molecule is O=C(/C=C/c1nc2ccccc2s1)N1CCC(O)(c2cccnc2)CC1. The molecule has 1 amide bonds. The quantitative estimate of drug-likeness (QED) is 0.724. The molecule has 3 aromatic rings. The molecule has 3 heterocycles. The van der Waals surface area contributed by atoms with Gasteiger partial charge in [0, 0.05) is 37.1 Å². The molecule has 1 fully saturated rings. The molecular weight excluding hydrogens is 346 g/mol. The van der Waals surface area contributed by atoms with Crippen LogP contribution in [0.5, 0.6) is 0 Å². The van der Waals surface area contributed by atoms with Crippen LogP contribution in [-0.2, 0) is 10.4 Å². The number of fused-ring (bicyclic) bond motifs is 1. The molecule has 2 aromatic heterocycles. The van der Waals surface area contributed by atoms with Crippen molar-refractivity contribution in [1.82, 2.24) is 14.9 Å². The van der Waals surface area contributed by atoms with E-state index in [0.29, 0.717) is 25.9 Å². The van der Waals surface area contributed by atoms with Crippen LogP contribution in [0, 0.1) is 0 Å². The Morgan fingerprint density at radius 2 is 2.00 bits per heavy atom. The van der Waals surface area contributed by atoms with Crippen molar-refractivity contribution in [3.63, 3.8) is 0 Å². The minimum absolute atomic E-state index is 0.0440. The molecule has 0 unspecified atom stereocenters. The summed E-state index contributed by atoms with van der Waals surface area (Å²) in [6.07, 6.45) is 7.77. The van der Waals surface area contributed by atoms with Crippen molar-refractivity contribution in [2.45, 2.75) is 18.4 Å². The highest BCUT2D eigenvalue weighted by atomic mass is 32.1. The van der Waals surface area contributed by atoms with Gasteiger partial charge in [0.2, 0.25) is 5.91 Å². The number of piperidine rings is 1. The van der Waals surface area contributed by atoms with E-state index in [1.54, 1.807) is 40.8 Å². The zero-order valence-electron chi connectivity index (χ0n) is 14.2. The lowest BCUT2D eigenvalue weighted by Crippen LogP contribution is -2.44. The molecule has 5 nitrogen and oxygen atoms in total. The van der Waals surface area contributed by atoms with Gasteiger partial charge in [-0.1, -0.05) is 18.2 Å². The number of benzene rings is 1. The zero-order valence-corrected chi connectivity index (χ0v) is 15.0. The molecule has 1 aliphatic rings. The summed E-state index contributed by atoms with van der Waals surface area (Å²) >= 11 is 1.57. The van der Waals surface area contributed by atoms with Crippen LogP contribution < -0.4 is 0 Å². The van der Waals surface area contributed by atoms with Gasteiger partial charge in [-0.05, 0) is 37.1 Å². The van der Waals surface area contributed by atoms with E-state index in [0.717, 1.165) is 20.8 Å². The predicted molar refractivity (Wildman–Crippen MR) is 103 cm³/mol. The van der Waals surface area contributed by atoms with E-state index in [-0.39, 0.29) is 5.91 Å². The second-order valence-corrected chi connectivity index (χ2v) is 7.51. The fourth-order valence-electron chi connectivity index (χ4n) is 3.23. The third-order valence-corrected chi connectivity index (χ3v) is 5.78. The first-order valence-electron chi connectivity index (χ1n) is 8.59. The van der Waals surface area contributed by atoms with Crippen LogP contribution >= 0.6 is 11.3 Å². The maximum Gasteiger partial charge on any atom is 0.246 e. The molecule has 0 aliphatic carbocycles. The highest BCUT2D eigenvalue weighted by Gasteiger charge is 2.35. The van der Waals surface area contributed by atoms with E-state index in [2.05, 4.69) is 9.97 Å². The molecule has 26 heavy (non-hydrogen) atoms. The van der Waals surface area contributed by atoms with Crippen LogP contribution in [0.15, 0.2) is 54.9 Å². The summed E-state index contributed by atoms with van der Waals surface area (Å²) in [4.78, 5) is 22.8. The number of carbonyl (C=O) groups excluding carboxylic acids is 1. The molecule has 132 valence electrons. The average Bonchev–Trinajstić information content (AvgIpc) is 3.10. The Hall–Kier alpha value is -2.57. The van der Waals surface area contributed by atoms with E-state index >= 15 is 0 Å². The van der Waals surface area contributed by atoms with Crippen molar-refractivity contribution in [3.8, 4) is 0 Å². The number of aromatic nitrogens is 2. The summed E-state index contributed by atoms with van der Waals surface area (Å²) in [5.74, 6) is -0.0440. The Labute approximate surface area is 155 Å². The van der Waals surface area contributed by atoms with Gasteiger partial charge in [-0.15, -0.1) is 11.3 Å². The highest BCUT2D eigenvalue weighted by molar-refractivity contribution is 7.19. The number of thiazole rings is 1. The molecule has 0 bridgehead atoms. The first-order valence-corrected chi connectivity index (χ1v) is 9.41. The molecule has 0 saturated carbocycles. The van der Waals surface area contributed by atoms with Crippen LogP contribution in [0.1, 0.15) is 23.4 Å². The summed E-state index contributed by atoms with van der Waals surface area (Å²) in [7, 11) is 0. The highest BCUT2D eigenvalue weighted by Crippen LogP contribution is 2.32. The van der Waals surface area contributed by atoms with Gasteiger partial charge in [0.05, 0.1) is 15.8 Å². The standard InChI is InChI=1S/C20H19N3O2S/c24-19(8-7-18-22-16-5-1-2-6-17(16)26-18)23-12-9-20(25,10-13-23)15-4-3-11-21-14-15/h1-8,11,14,25H,9-10,12-13H2/b8-7+. The maximum atomic E-state index is 12.5. The molecule has 6 heteroatoms. The van der Waals surface area contributed by atoms with Crippen molar-refractivity contribution in [2.24, 2.45) is 0 Å². The van der Waals surface area contributed by atoms with E-state index in [1.807, 2.05) is 36.4 Å². The summed E-state index contributed by atoms with van der Waals surface area (Å²) in [5, 5.41) is 11.6. The van der Waals surface area contributed by atoms with Gasteiger partial charge in [-0.2, -0.15) is 0 Å². The number of likely N-dealkylation sites (tertiary alicyclic amines) is 1. The lowest BCUT2D eigenvalue weighted by Gasteiger charge is -2.38.